The summed E-state index contributed by atoms with van der Waals surface area (Å²) in [6.07, 6.45) is -4.61. The van der Waals surface area contributed by atoms with E-state index in [1.165, 1.54) is 32.0 Å². The van der Waals surface area contributed by atoms with Crippen LogP contribution in [0.2, 0.25) is 0 Å². The van der Waals surface area contributed by atoms with Crippen molar-refractivity contribution in [1.82, 2.24) is 9.78 Å². The van der Waals surface area contributed by atoms with Gasteiger partial charge in [-0.05, 0) is 41.9 Å². The number of carbonyl (C=O) groups excluding carboxylic acids is 1. The SMILES string of the molecule is Cc1c(Br)c(C(F)(F)F)nn1C(C)C(=O)Nc1cccc(O)c1. The van der Waals surface area contributed by atoms with Crippen molar-refractivity contribution in [2.24, 2.45) is 0 Å². The van der Waals surface area contributed by atoms with Gasteiger partial charge in [-0.15, -0.1) is 0 Å². The standard InChI is InChI=1S/C14H13BrF3N3O2/c1-7-11(15)12(14(16,17)18)20-21(7)8(2)13(23)19-9-4-3-5-10(22)6-9/h3-6,8,22H,1-2H3,(H,19,23). The minimum atomic E-state index is -4.61. The maximum atomic E-state index is 12.9. The highest BCUT2D eigenvalue weighted by atomic mass is 79.9. The number of hydrogen-bond donors (Lipinski definition) is 2. The van der Waals surface area contributed by atoms with E-state index in [2.05, 4.69) is 26.3 Å². The summed E-state index contributed by atoms with van der Waals surface area (Å²) >= 11 is 2.86. The molecular formula is C14H13BrF3N3O2. The second-order valence-electron chi connectivity index (χ2n) is 4.91. The molecule has 0 bridgehead atoms. The van der Waals surface area contributed by atoms with Gasteiger partial charge >= 0.3 is 6.18 Å². The Hall–Kier alpha value is -2.03. The van der Waals surface area contributed by atoms with Crippen LogP contribution in [0.25, 0.3) is 0 Å². The number of phenolic OH excluding ortho intramolecular Hbond substituents is 1. The van der Waals surface area contributed by atoms with E-state index in [1.807, 2.05) is 0 Å². The molecular weight excluding hydrogens is 379 g/mol. The molecule has 1 aromatic carbocycles. The zero-order valence-corrected chi connectivity index (χ0v) is 13.7. The molecule has 0 aliphatic rings. The molecule has 0 saturated carbocycles. The van der Waals surface area contributed by atoms with Crippen LogP contribution in [0.3, 0.4) is 0 Å². The lowest BCUT2D eigenvalue weighted by molar-refractivity contribution is -0.142. The van der Waals surface area contributed by atoms with Crippen LogP contribution in [0.1, 0.15) is 24.4 Å². The summed E-state index contributed by atoms with van der Waals surface area (Å²) in [7, 11) is 0. The van der Waals surface area contributed by atoms with Crippen LogP contribution >= 0.6 is 15.9 Å². The summed E-state index contributed by atoms with van der Waals surface area (Å²) in [5.74, 6) is -0.588. The summed E-state index contributed by atoms with van der Waals surface area (Å²) in [4.78, 5) is 12.2. The number of benzene rings is 1. The lowest BCUT2D eigenvalue weighted by Crippen LogP contribution is -2.25. The van der Waals surface area contributed by atoms with Crippen molar-refractivity contribution in [3.63, 3.8) is 0 Å². The van der Waals surface area contributed by atoms with Gasteiger partial charge in [-0.2, -0.15) is 18.3 Å². The average Bonchev–Trinajstić information content (AvgIpc) is 2.74. The van der Waals surface area contributed by atoms with Crippen LogP contribution in [-0.4, -0.2) is 20.8 Å². The van der Waals surface area contributed by atoms with Gasteiger partial charge in [-0.25, -0.2) is 0 Å². The Bertz CT molecular complexity index is 743. The molecule has 1 aromatic heterocycles. The minimum absolute atomic E-state index is 0.0344. The second kappa shape index (κ2) is 6.23. The minimum Gasteiger partial charge on any atom is -0.508 e. The third-order valence-electron chi connectivity index (χ3n) is 3.21. The predicted octanol–water partition coefficient (Wildman–Crippen LogP) is 3.88. The van der Waals surface area contributed by atoms with E-state index in [-0.39, 0.29) is 15.9 Å². The summed E-state index contributed by atoms with van der Waals surface area (Å²) in [6, 6.07) is 4.88. The van der Waals surface area contributed by atoms with Crippen molar-refractivity contribution >= 4 is 27.5 Å². The maximum Gasteiger partial charge on any atom is 0.436 e. The summed E-state index contributed by atoms with van der Waals surface area (Å²) in [5, 5.41) is 15.4. The lowest BCUT2D eigenvalue weighted by atomic mass is 10.2. The van der Waals surface area contributed by atoms with E-state index in [9.17, 15) is 23.1 Å². The Kier molecular flexibility index (Phi) is 4.69. The zero-order valence-electron chi connectivity index (χ0n) is 12.1. The monoisotopic (exact) mass is 391 g/mol. The van der Waals surface area contributed by atoms with Gasteiger partial charge in [-0.1, -0.05) is 6.07 Å². The number of anilines is 1. The van der Waals surface area contributed by atoms with Crippen molar-refractivity contribution in [2.75, 3.05) is 5.32 Å². The average molecular weight is 392 g/mol. The first kappa shape index (κ1) is 17.3. The number of aromatic hydroxyl groups is 1. The van der Waals surface area contributed by atoms with Gasteiger partial charge in [0.25, 0.3) is 0 Å². The molecule has 2 aromatic rings. The van der Waals surface area contributed by atoms with Crippen molar-refractivity contribution in [2.45, 2.75) is 26.1 Å². The van der Waals surface area contributed by atoms with E-state index in [1.54, 1.807) is 6.07 Å². The van der Waals surface area contributed by atoms with Crippen LogP contribution < -0.4 is 5.32 Å². The largest absolute Gasteiger partial charge is 0.508 e. The number of hydrogen-bond acceptors (Lipinski definition) is 3. The van der Waals surface area contributed by atoms with Crippen LogP contribution in [0.15, 0.2) is 28.7 Å². The van der Waals surface area contributed by atoms with Gasteiger partial charge in [-0.3, -0.25) is 9.48 Å². The fourth-order valence-electron chi connectivity index (χ4n) is 2.00. The number of nitrogens with one attached hydrogen (secondary N) is 1. The van der Waals surface area contributed by atoms with Crippen molar-refractivity contribution in [3.8, 4) is 5.75 Å². The highest BCUT2D eigenvalue weighted by Gasteiger charge is 2.38. The van der Waals surface area contributed by atoms with Crippen LogP contribution in [0.4, 0.5) is 18.9 Å². The Morgan fingerprint density at radius 2 is 2.09 bits per heavy atom. The first-order chi connectivity index (χ1) is 10.6. The molecule has 0 radical (unpaired) electrons. The Morgan fingerprint density at radius 1 is 1.43 bits per heavy atom. The molecule has 2 rings (SSSR count). The molecule has 1 unspecified atom stereocenters. The molecule has 2 N–H and O–H groups in total. The fraction of sp³-hybridized carbons (Fsp3) is 0.286. The third kappa shape index (κ3) is 3.66. The molecule has 1 amide bonds. The molecule has 9 heteroatoms. The molecule has 1 atom stereocenters. The second-order valence-corrected chi connectivity index (χ2v) is 5.70. The first-order valence-electron chi connectivity index (χ1n) is 6.53. The number of rotatable bonds is 3. The number of phenols is 1. The van der Waals surface area contributed by atoms with Gasteiger partial charge in [0.05, 0.1) is 10.2 Å². The number of aromatic nitrogens is 2. The molecule has 1 heterocycles. The van der Waals surface area contributed by atoms with Gasteiger partial charge in [0.1, 0.15) is 11.8 Å². The number of nitrogens with zero attached hydrogens (tertiary/aromatic N) is 2. The van der Waals surface area contributed by atoms with Gasteiger partial charge < -0.3 is 10.4 Å². The van der Waals surface area contributed by atoms with Crippen LogP contribution in [0, 0.1) is 6.92 Å². The fourth-order valence-corrected chi connectivity index (χ4v) is 2.48. The number of halogens is 4. The van der Waals surface area contributed by atoms with Crippen LogP contribution in [-0.2, 0) is 11.0 Å². The summed E-state index contributed by atoms with van der Waals surface area (Å²) in [5.41, 5.74) is -0.551. The highest BCUT2D eigenvalue weighted by Crippen LogP contribution is 2.36. The van der Waals surface area contributed by atoms with E-state index in [4.69, 9.17) is 0 Å². The van der Waals surface area contributed by atoms with E-state index >= 15 is 0 Å². The van der Waals surface area contributed by atoms with Crippen molar-refractivity contribution in [3.05, 3.63) is 40.1 Å². The maximum absolute atomic E-state index is 12.9. The van der Waals surface area contributed by atoms with Gasteiger partial charge in [0.15, 0.2) is 5.69 Å². The molecule has 0 spiro atoms. The van der Waals surface area contributed by atoms with E-state index in [0.29, 0.717) is 5.69 Å². The Morgan fingerprint density at radius 3 is 2.61 bits per heavy atom. The normalized spacial score (nSPS) is 13.0. The third-order valence-corrected chi connectivity index (χ3v) is 4.15. The highest BCUT2D eigenvalue weighted by molar-refractivity contribution is 9.10. The zero-order chi connectivity index (χ0) is 17.4. The Balaban J connectivity index is 2.26. The smallest absolute Gasteiger partial charge is 0.436 e. The summed E-state index contributed by atoms with van der Waals surface area (Å²) < 4.78 is 39.4. The number of carbonyl (C=O) groups is 1. The lowest BCUT2D eigenvalue weighted by Gasteiger charge is -2.14. The van der Waals surface area contributed by atoms with Gasteiger partial charge in [0, 0.05) is 11.8 Å². The summed E-state index contributed by atoms with van der Waals surface area (Å²) in [6.45, 7) is 2.87. The topological polar surface area (TPSA) is 67.2 Å². The van der Waals surface area contributed by atoms with E-state index < -0.39 is 23.8 Å². The number of alkyl halides is 3. The van der Waals surface area contributed by atoms with Crippen molar-refractivity contribution < 1.29 is 23.1 Å². The van der Waals surface area contributed by atoms with E-state index in [0.717, 1.165) is 4.68 Å². The molecule has 0 aliphatic heterocycles. The molecule has 124 valence electrons. The molecule has 0 aliphatic carbocycles. The molecule has 5 nitrogen and oxygen atoms in total. The van der Waals surface area contributed by atoms with Gasteiger partial charge in [0.2, 0.25) is 5.91 Å². The molecule has 0 saturated heterocycles. The molecule has 0 fully saturated rings. The predicted molar refractivity (Wildman–Crippen MR) is 81.1 cm³/mol. The quantitative estimate of drug-likeness (QED) is 0.834. The Labute approximate surface area is 138 Å². The number of amides is 1. The van der Waals surface area contributed by atoms with Crippen LogP contribution in [0.5, 0.6) is 5.75 Å². The first-order valence-corrected chi connectivity index (χ1v) is 7.32. The molecule has 23 heavy (non-hydrogen) atoms. The van der Waals surface area contributed by atoms with Crippen molar-refractivity contribution in [1.29, 1.82) is 0 Å².